The molecule has 7 nitrogen and oxygen atoms in total. The summed E-state index contributed by atoms with van der Waals surface area (Å²) in [6, 6.07) is 6.90. The van der Waals surface area contributed by atoms with Crippen LogP contribution < -0.4 is 10.1 Å². The average molecular weight is 335 g/mol. The molecule has 0 aliphatic heterocycles. The number of hydrogen-bond acceptors (Lipinski definition) is 6. The molecule has 0 unspecified atom stereocenters. The number of carboxylic acids is 1. The predicted molar refractivity (Wildman–Crippen MR) is 86.0 cm³/mol. The van der Waals surface area contributed by atoms with Crippen LogP contribution in [0, 0.1) is 0 Å². The van der Waals surface area contributed by atoms with E-state index in [1.54, 1.807) is 24.3 Å². The van der Waals surface area contributed by atoms with E-state index in [1.807, 2.05) is 6.92 Å². The molecular formula is C15H17N3O4S. The zero-order valence-corrected chi connectivity index (χ0v) is 13.4. The van der Waals surface area contributed by atoms with Crippen LogP contribution in [0.1, 0.15) is 35.1 Å². The second-order valence-electron chi connectivity index (χ2n) is 4.73. The van der Waals surface area contributed by atoms with Gasteiger partial charge in [-0.1, -0.05) is 11.4 Å². The van der Waals surface area contributed by atoms with E-state index in [1.165, 1.54) is 0 Å². The minimum Gasteiger partial charge on any atom is -0.494 e. The molecule has 0 aliphatic rings. The summed E-state index contributed by atoms with van der Waals surface area (Å²) in [5.74, 6) is -0.440. The van der Waals surface area contributed by atoms with E-state index in [9.17, 15) is 9.59 Å². The van der Waals surface area contributed by atoms with E-state index in [-0.39, 0.29) is 12.3 Å². The van der Waals surface area contributed by atoms with Crippen molar-refractivity contribution in [3.63, 3.8) is 0 Å². The molecule has 0 saturated carbocycles. The number of nitrogens with zero attached hydrogens (tertiary/aromatic N) is 2. The second-order valence-corrected chi connectivity index (χ2v) is 5.48. The van der Waals surface area contributed by atoms with Crippen LogP contribution in [0.5, 0.6) is 5.75 Å². The minimum absolute atomic E-state index is 0.0801. The lowest BCUT2D eigenvalue weighted by atomic mass is 10.2. The summed E-state index contributed by atoms with van der Waals surface area (Å²) in [7, 11) is 0. The Bertz CT molecular complexity index is 670. The monoisotopic (exact) mass is 335 g/mol. The Labute approximate surface area is 137 Å². The van der Waals surface area contributed by atoms with Crippen LogP contribution in [-0.4, -0.2) is 33.2 Å². The molecule has 2 rings (SSSR count). The van der Waals surface area contributed by atoms with E-state index in [2.05, 4.69) is 14.9 Å². The average Bonchev–Trinajstić information content (AvgIpc) is 3.01. The molecule has 2 aromatic rings. The van der Waals surface area contributed by atoms with E-state index in [0.717, 1.165) is 11.5 Å². The fourth-order valence-corrected chi connectivity index (χ4v) is 2.49. The number of carboxylic acid groups (broad SMARTS) is 1. The van der Waals surface area contributed by atoms with Crippen molar-refractivity contribution in [2.24, 2.45) is 0 Å². The number of aromatic nitrogens is 2. The molecule has 1 aromatic carbocycles. The van der Waals surface area contributed by atoms with Gasteiger partial charge in [-0.3, -0.25) is 9.59 Å². The number of carbonyl (C=O) groups is 2. The maximum atomic E-state index is 12.1. The minimum atomic E-state index is -0.837. The van der Waals surface area contributed by atoms with Gasteiger partial charge in [0.05, 0.1) is 12.3 Å². The maximum absolute atomic E-state index is 12.1. The molecule has 23 heavy (non-hydrogen) atoms. The SMILES string of the molecule is CCc1nnsc1C(=O)Nc1ccc(OCCCC(=O)O)cc1. The lowest BCUT2D eigenvalue weighted by Crippen LogP contribution is -2.12. The van der Waals surface area contributed by atoms with Crippen molar-refractivity contribution >= 4 is 29.1 Å². The van der Waals surface area contributed by atoms with Crippen LogP contribution in [0.2, 0.25) is 0 Å². The highest BCUT2D eigenvalue weighted by molar-refractivity contribution is 7.08. The first kappa shape index (κ1) is 16.9. The van der Waals surface area contributed by atoms with Gasteiger partial charge < -0.3 is 15.2 Å². The fourth-order valence-electron chi connectivity index (χ4n) is 1.85. The van der Waals surface area contributed by atoms with E-state index >= 15 is 0 Å². The van der Waals surface area contributed by atoms with Gasteiger partial charge in [0.2, 0.25) is 0 Å². The molecular weight excluding hydrogens is 318 g/mol. The van der Waals surface area contributed by atoms with Crippen LogP contribution in [0.4, 0.5) is 5.69 Å². The van der Waals surface area contributed by atoms with Crippen LogP contribution in [-0.2, 0) is 11.2 Å². The van der Waals surface area contributed by atoms with Crippen molar-refractivity contribution in [1.29, 1.82) is 0 Å². The first-order chi connectivity index (χ1) is 11.1. The van der Waals surface area contributed by atoms with Gasteiger partial charge in [0.1, 0.15) is 10.6 Å². The molecule has 0 saturated heterocycles. The summed E-state index contributed by atoms with van der Waals surface area (Å²) in [4.78, 5) is 23.1. The standard InChI is InChI=1S/C15H17N3O4S/c1-2-12-14(23-18-17-12)15(21)16-10-5-7-11(8-6-10)22-9-3-4-13(19)20/h5-8H,2-4,9H2,1H3,(H,16,21)(H,19,20). The Morgan fingerprint density at radius 3 is 2.70 bits per heavy atom. The summed E-state index contributed by atoms with van der Waals surface area (Å²) in [6.07, 6.45) is 1.19. The fraction of sp³-hybridized carbons (Fsp3) is 0.333. The van der Waals surface area contributed by atoms with E-state index in [0.29, 0.717) is 41.5 Å². The largest absolute Gasteiger partial charge is 0.494 e. The third-order valence-corrected chi connectivity index (χ3v) is 3.78. The molecule has 1 heterocycles. The van der Waals surface area contributed by atoms with Gasteiger partial charge in [-0.2, -0.15) is 0 Å². The van der Waals surface area contributed by atoms with Crippen LogP contribution in [0.25, 0.3) is 0 Å². The highest BCUT2D eigenvalue weighted by Crippen LogP contribution is 2.18. The molecule has 0 fully saturated rings. The first-order valence-corrected chi connectivity index (χ1v) is 7.94. The maximum Gasteiger partial charge on any atom is 0.303 e. The molecule has 2 N–H and O–H groups in total. The number of nitrogens with one attached hydrogen (secondary N) is 1. The summed E-state index contributed by atoms with van der Waals surface area (Å²) in [6.45, 7) is 2.26. The summed E-state index contributed by atoms with van der Waals surface area (Å²) in [5, 5.41) is 15.2. The molecule has 0 radical (unpaired) electrons. The highest BCUT2D eigenvalue weighted by Gasteiger charge is 2.15. The summed E-state index contributed by atoms with van der Waals surface area (Å²) < 4.78 is 9.22. The molecule has 1 aromatic heterocycles. The lowest BCUT2D eigenvalue weighted by molar-refractivity contribution is -0.137. The number of benzene rings is 1. The molecule has 122 valence electrons. The molecule has 0 spiro atoms. The quantitative estimate of drug-likeness (QED) is 0.719. The number of carbonyl (C=O) groups excluding carboxylic acids is 1. The zero-order chi connectivity index (χ0) is 16.7. The number of ether oxygens (including phenoxy) is 1. The van der Waals surface area contributed by atoms with Crippen molar-refractivity contribution in [1.82, 2.24) is 9.59 Å². The molecule has 0 bridgehead atoms. The predicted octanol–water partition coefficient (Wildman–Crippen LogP) is 2.60. The third kappa shape index (κ3) is 5.03. The molecule has 0 atom stereocenters. The number of anilines is 1. The topological polar surface area (TPSA) is 101 Å². The first-order valence-electron chi connectivity index (χ1n) is 7.17. The van der Waals surface area contributed by atoms with E-state index in [4.69, 9.17) is 9.84 Å². The highest BCUT2D eigenvalue weighted by atomic mass is 32.1. The summed E-state index contributed by atoms with van der Waals surface area (Å²) >= 11 is 1.07. The van der Waals surface area contributed by atoms with Crippen LogP contribution in [0.15, 0.2) is 24.3 Å². The molecule has 8 heteroatoms. The van der Waals surface area contributed by atoms with Gasteiger partial charge in [0.15, 0.2) is 0 Å². The summed E-state index contributed by atoms with van der Waals surface area (Å²) in [5.41, 5.74) is 1.33. The van der Waals surface area contributed by atoms with Crippen molar-refractivity contribution in [2.75, 3.05) is 11.9 Å². The van der Waals surface area contributed by atoms with Gasteiger partial charge in [-0.25, -0.2) is 0 Å². The van der Waals surface area contributed by atoms with Gasteiger partial charge in [-0.05, 0) is 48.6 Å². The Balaban J connectivity index is 1.87. The van der Waals surface area contributed by atoms with Gasteiger partial charge in [0, 0.05) is 12.1 Å². The Morgan fingerprint density at radius 2 is 2.04 bits per heavy atom. The van der Waals surface area contributed by atoms with Gasteiger partial charge in [-0.15, -0.1) is 5.10 Å². The van der Waals surface area contributed by atoms with Crippen molar-refractivity contribution in [3.8, 4) is 5.75 Å². The van der Waals surface area contributed by atoms with Gasteiger partial charge >= 0.3 is 5.97 Å². The lowest BCUT2D eigenvalue weighted by Gasteiger charge is -2.07. The van der Waals surface area contributed by atoms with Crippen molar-refractivity contribution < 1.29 is 19.4 Å². The van der Waals surface area contributed by atoms with E-state index < -0.39 is 5.97 Å². The smallest absolute Gasteiger partial charge is 0.303 e. The van der Waals surface area contributed by atoms with Crippen molar-refractivity contribution in [2.45, 2.75) is 26.2 Å². The third-order valence-electron chi connectivity index (χ3n) is 3.01. The number of amides is 1. The van der Waals surface area contributed by atoms with Crippen molar-refractivity contribution in [3.05, 3.63) is 34.8 Å². The Morgan fingerprint density at radius 1 is 1.30 bits per heavy atom. The second kappa shape index (κ2) is 8.23. The van der Waals surface area contributed by atoms with Crippen LogP contribution in [0.3, 0.4) is 0 Å². The molecule has 0 aliphatic carbocycles. The normalized spacial score (nSPS) is 10.3. The number of aliphatic carboxylic acids is 1. The Hall–Kier alpha value is -2.48. The number of hydrogen-bond donors (Lipinski definition) is 2. The number of rotatable bonds is 8. The van der Waals surface area contributed by atoms with Crippen LogP contribution >= 0.6 is 11.5 Å². The Kier molecular flexibility index (Phi) is 6.04. The zero-order valence-electron chi connectivity index (χ0n) is 12.6. The number of aryl methyl sites for hydroxylation is 1. The molecule has 1 amide bonds. The van der Waals surface area contributed by atoms with Gasteiger partial charge in [0.25, 0.3) is 5.91 Å².